The fourth-order valence-corrected chi connectivity index (χ4v) is 4.28. The Morgan fingerprint density at radius 2 is 2.00 bits per heavy atom. The molecule has 1 fully saturated rings. The Balaban J connectivity index is 1.64. The normalized spacial score (nSPS) is 24.1. The summed E-state index contributed by atoms with van der Waals surface area (Å²) in [6.07, 6.45) is 7.04. The Morgan fingerprint density at radius 1 is 1.27 bits per heavy atom. The number of carbonyl (C=O) groups excluding carboxylic acids is 1. The number of benzene rings is 1. The molecule has 0 saturated heterocycles. The number of rotatable bonds is 10. The lowest BCUT2D eigenvalue weighted by Gasteiger charge is -2.41. The van der Waals surface area contributed by atoms with Gasteiger partial charge in [0.05, 0.1) is 5.57 Å². The van der Waals surface area contributed by atoms with Gasteiger partial charge in [-0.3, -0.25) is 9.79 Å². The maximum atomic E-state index is 13.4. The summed E-state index contributed by atoms with van der Waals surface area (Å²) in [7, 11) is 1.91. The number of hydrogen-bond acceptors (Lipinski definition) is 6. The van der Waals surface area contributed by atoms with Gasteiger partial charge in [-0.15, -0.1) is 0 Å². The van der Waals surface area contributed by atoms with Crippen molar-refractivity contribution >= 4 is 17.7 Å². The molecule has 1 saturated carbocycles. The van der Waals surface area contributed by atoms with Crippen LogP contribution >= 0.6 is 0 Å². The summed E-state index contributed by atoms with van der Waals surface area (Å²) in [6, 6.07) is 10.8. The number of likely N-dealkylation sites (N-methyl/N-ethyl adjacent to an activating group) is 1. The minimum atomic E-state index is -0.688. The van der Waals surface area contributed by atoms with Crippen LogP contribution in [0.5, 0.6) is 0 Å². The molecular weight excluding hydrogens is 421 g/mol. The molecule has 3 rings (SSSR count). The van der Waals surface area contributed by atoms with Gasteiger partial charge in [0.15, 0.2) is 0 Å². The smallest absolute Gasteiger partial charge is 0.253 e. The fourth-order valence-electron chi connectivity index (χ4n) is 4.28. The highest BCUT2D eigenvalue weighted by Crippen LogP contribution is 2.28. The van der Waals surface area contributed by atoms with Crippen molar-refractivity contribution in [1.29, 1.82) is 0 Å². The first-order chi connectivity index (χ1) is 15.9. The van der Waals surface area contributed by atoms with E-state index >= 15 is 0 Å². The summed E-state index contributed by atoms with van der Waals surface area (Å²) in [5.74, 6) is -1.32. The Kier molecular flexibility index (Phi) is 8.73. The quantitative estimate of drug-likeness (QED) is 0.208. The maximum Gasteiger partial charge on any atom is 0.253 e. The van der Waals surface area contributed by atoms with Crippen LogP contribution in [0.25, 0.3) is 0 Å². The second-order valence-electron chi connectivity index (χ2n) is 8.61. The van der Waals surface area contributed by atoms with Crippen molar-refractivity contribution in [3.8, 4) is 0 Å². The van der Waals surface area contributed by atoms with Gasteiger partial charge in [-0.1, -0.05) is 30.3 Å². The van der Waals surface area contributed by atoms with Gasteiger partial charge in [0.2, 0.25) is 5.97 Å². The topological polar surface area (TPSA) is 130 Å². The molecule has 1 aromatic rings. The molecule has 0 atom stereocenters. The van der Waals surface area contributed by atoms with Gasteiger partial charge < -0.3 is 27.4 Å². The Hall–Kier alpha value is -3.04. The summed E-state index contributed by atoms with van der Waals surface area (Å²) in [6.45, 7) is 1.87. The van der Waals surface area contributed by atoms with Gasteiger partial charge in [-0.25, -0.2) is 4.99 Å². The van der Waals surface area contributed by atoms with E-state index in [-0.39, 0.29) is 16.9 Å². The number of amidine groups is 1. The van der Waals surface area contributed by atoms with Crippen LogP contribution < -0.4 is 27.4 Å². The molecule has 1 amide bonds. The number of amides is 1. The number of hydrogen-bond donors (Lipinski definition) is 5. The van der Waals surface area contributed by atoms with Gasteiger partial charge in [0.25, 0.3) is 5.91 Å². The van der Waals surface area contributed by atoms with E-state index in [9.17, 15) is 9.18 Å². The highest BCUT2D eigenvalue weighted by molar-refractivity contribution is 6.19. The van der Waals surface area contributed by atoms with E-state index in [2.05, 4.69) is 38.1 Å². The second kappa shape index (κ2) is 11.7. The highest BCUT2D eigenvalue weighted by atomic mass is 19.1. The van der Waals surface area contributed by atoms with Crippen molar-refractivity contribution in [3.63, 3.8) is 0 Å². The van der Waals surface area contributed by atoms with Gasteiger partial charge in [0, 0.05) is 55.6 Å². The average molecular weight is 456 g/mol. The lowest BCUT2D eigenvalue weighted by atomic mass is 9.79. The Labute approximate surface area is 194 Å². The third kappa shape index (κ3) is 7.23. The predicted octanol–water partition coefficient (Wildman–Crippen LogP) is 1.65. The van der Waals surface area contributed by atoms with Crippen LogP contribution in [0.15, 0.2) is 63.9 Å². The van der Waals surface area contributed by atoms with E-state index in [1.165, 1.54) is 11.6 Å². The van der Waals surface area contributed by atoms with Crippen LogP contribution in [0.2, 0.25) is 0 Å². The third-order valence-corrected chi connectivity index (χ3v) is 6.14. The second-order valence-corrected chi connectivity index (χ2v) is 8.61. The summed E-state index contributed by atoms with van der Waals surface area (Å²) < 4.78 is 13.4. The monoisotopic (exact) mass is 455 g/mol. The molecule has 0 radical (unpaired) electrons. The van der Waals surface area contributed by atoms with Crippen molar-refractivity contribution < 1.29 is 9.18 Å². The molecule has 33 heavy (non-hydrogen) atoms. The van der Waals surface area contributed by atoms with Crippen LogP contribution in [0.4, 0.5) is 4.39 Å². The number of halogens is 1. The van der Waals surface area contributed by atoms with Crippen LogP contribution in [-0.2, 0) is 11.3 Å². The van der Waals surface area contributed by atoms with E-state index in [4.69, 9.17) is 11.5 Å². The standard InChI is InChI=1S/C24H34FN7O/c1-28-16-24(10-7-18(8-11-24)30-14-17-5-3-2-4-6-17)31-15-20(23(27)33)22(26)32-19-9-12-29-21(25)13-19/h2-6,13,15,18,28,30-31H,7-12,14,16H2,1H3,(H2,26,32)(H2,27,33)/b20-15+. The van der Waals surface area contributed by atoms with Gasteiger partial charge >= 0.3 is 0 Å². The van der Waals surface area contributed by atoms with E-state index in [1.807, 2.05) is 25.2 Å². The van der Waals surface area contributed by atoms with Crippen molar-refractivity contribution in [2.75, 3.05) is 20.1 Å². The number of carbonyl (C=O) groups is 1. The minimum absolute atomic E-state index is 0.0335. The van der Waals surface area contributed by atoms with Crippen LogP contribution in [0.3, 0.4) is 0 Å². The first-order valence-corrected chi connectivity index (χ1v) is 11.4. The number of dihydropyridines is 1. The summed E-state index contributed by atoms with van der Waals surface area (Å²) in [5, 5.41) is 10.3. The Morgan fingerprint density at radius 3 is 2.64 bits per heavy atom. The zero-order chi connectivity index (χ0) is 23.7. The number of primary amides is 1. The molecule has 0 aromatic heterocycles. The molecule has 8 nitrogen and oxygen atoms in total. The molecule has 0 bridgehead atoms. The molecule has 1 aliphatic carbocycles. The van der Waals surface area contributed by atoms with E-state index in [0.29, 0.717) is 24.7 Å². The molecule has 1 heterocycles. The zero-order valence-electron chi connectivity index (χ0n) is 19.1. The zero-order valence-corrected chi connectivity index (χ0v) is 19.1. The summed E-state index contributed by atoms with van der Waals surface area (Å²) >= 11 is 0. The lowest BCUT2D eigenvalue weighted by molar-refractivity contribution is -0.114. The van der Waals surface area contributed by atoms with E-state index < -0.39 is 11.9 Å². The minimum Gasteiger partial charge on any atom is -0.383 e. The molecule has 2 aliphatic rings. The van der Waals surface area contributed by atoms with Crippen molar-refractivity contribution in [1.82, 2.24) is 16.0 Å². The Bertz CT molecular complexity index is 931. The molecular formula is C24H34FN7O. The molecule has 9 heteroatoms. The highest BCUT2D eigenvalue weighted by Gasteiger charge is 2.34. The summed E-state index contributed by atoms with van der Waals surface area (Å²) in [4.78, 5) is 19.9. The maximum absolute atomic E-state index is 13.4. The van der Waals surface area contributed by atoms with Gasteiger partial charge in [0.1, 0.15) is 5.84 Å². The largest absolute Gasteiger partial charge is 0.383 e. The molecule has 0 spiro atoms. The number of allylic oxidation sites excluding steroid dienone is 1. The van der Waals surface area contributed by atoms with Crippen LogP contribution in [-0.4, -0.2) is 49.4 Å². The molecule has 0 unspecified atom stereocenters. The molecule has 1 aromatic carbocycles. The van der Waals surface area contributed by atoms with E-state index in [0.717, 1.165) is 38.8 Å². The number of nitrogens with one attached hydrogen (secondary N) is 3. The first kappa shape index (κ1) is 24.6. The molecule has 1 aliphatic heterocycles. The predicted molar refractivity (Wildman–Crippen MR) is 130 cm³/mol. The SMILES string of the molecule is CNCC1(N/C=C(/C(N)=O)C(N)=NC2=CC(F)=NCC2)CCC(NCc2ccccc2)CC1. The van der Waals surface area contributed by atoms with Crippen molar-refractivity contribution in [2.24, 2.45) is 21.5 Å². The first-order valence-electron chi connectivity index (χ1n) is 11.4. The third-order valence-electron chi connectivity index (χ3n) is 6.14. The van der Waals surface area contributed by atoms with E-state index in [1.54, 1.807) is 6.20 Å². The molecule has 7 N–H and O–H groups in total. The average Bonchev–Trinajstić information content (AvgIpc) is 2.79. The van der Waals surface area contributed by atoms with Crippen molar-refractivity contribution in [3.05, 3.63) is 59.4 Å². The number of nitrogens with zero attached hydrogens (tertiary/aromatic N) is 2. The van der Waals surface area contributed by atoms with Gasteiger partial charge in [-0.05, 0) is 38.3 Å². The lowest BCUT2D eigenvalue weighted by Crippen LogP contribution is -2.54. The number of aliphatic imine (C=N–C) groups is 2. The number of nitrogens with two attached hydrogens (primary N) is 2. The summed E-state index contributed by atoms with van der Waals surface area (Å²) in [5.41, 5.74) is 13.2. The van der Waals surface area contributed by atoms with Crippen molar-refractivity contribution in [2.45, 2.75) is 50.2 Å². The van der Waals surface area contributed by atoms with Gasteiger partial charge in [-0.2, -0.15) is 4.39 Å². The van der Waals surface area contributed by atoms with Crippen LogP contribution in [0, 0.1) is 0 Å². The fraction of sp³-hybridized carbons (Fsp3) is 0.458. The molecule has 178 valence electrons. The van der Waals surface area contributed by atoms with Crippen LogP contribution in [0.1, 0.15) is 37.7 Å².